The minimum absolute atomic E-state index is 0.110. The van der Waals surface area contributed by atoms with Gasteiger partial charge in [-0.15, -0.1) is 0 Å². The van der Waals surface area contributed by atoms with E-state index in [4.69, 9.17) is 16.3 Å². The van der Waals surface area contributed by atoms with Gasteiger partial charge in [-0.3, -0.25) is 13.9 Å². The second-order valence-electron chi connectivity index (χ2n) is 8.20. The number of sulfonamides is 1. The largest absolute Gasteiger partial charge is 0.497 e. The molecule has 10 heteroatoms. The Bertz CT molecular complexity index is 1070. The predicted octanol–water partition coefficient (Wildman–Crippen LogP) is 3.45. The molecular weight excluding hydrogens is 478 g/mol. The van der Waals surface area contributed by atoms with Crippen molar-refractivity contribution in [1.29, 1.82) is 0 Å². The van der Waals surface area contributed by atoms with Gasteiger partial charge in [-0.05, 0) is 62.2 Å². The number of rotatable bonds is 11. The van der Waals surface area contributed by atoms with Crippen molar-refractivity contribution in [3.8, 4) is 5.75 Å². The van der Waals surface area contributed by atoms with E-state index in [1.165, 1.54) is 17.0 Å². The van der Waals surface area contributed by atoms with Crippen LogP contribution in [0.15, 0.2) is 48.5 Å². The molecule has 8 nitrogen and oxygen atoms in total. The summed E-state index contributed by atoms with van der Waals surface area (Å²) in [5.74, 6) is -0.129. The van der Waals surface area contributed by atoms with Crippen molar-refractivity contribution in [3.63, 3.8) is 0 Å². The molecule has 0 bridgehead atoms. The number of carbonyl (C=O) groups excluding carboxylic acids is 2. The Labute approximate surface area is 206 Å². The van der Waals surface area contributed by atoms with Gasteiger partial charge in [0.25, 0.3) is 0 Å². The SMILES string of the molecule is CCC(C(=O)NC(C)C)N(Cc1ccc(OC)cc1)C(=O)CN(c1ccc(Cl)cc1)S(C)(=O)=O. The molecule has 34 heavy (non-hydrogen) atoms. The summed E-state index contributed by atoms with van der Waals surface area (Å²) in [6.45, 7) is 5.16. The van der Waals surface area contributed by atoms with Crippen molar-refractivity contribution < 1.29 is 22.7 Å². The number of benzene rings is 2. The highest BCUT2D eigenvalue weighted by Crippen LogP contribution is 2.22. The highest BCUT2D eigenvalue weighted by atomic mass is 35.5. The van der Waals surface area contributed by atoms with Crippen LogP contribution in [0.25, 0.3) is 0 Å². The van der Waals surface area contributed by atoms with Crippen molar-refractivity contribution in [2.75, 3.05) is 24.2 Å². The first-order chi connectivity index (χ1) is 16.0. The molecule has 186 valence electrons. The zero-order chi connectivity index (χ0) is 25.5. The number of hydrogen-bond acceptors (Lipinski definition) is 5. The van der Waals surface area contributed by atoms with E-state index in [1.54, 1.807) is 43.5 Å². The Kier molecular flexibility index (Phi) is 9.76. The molecule has 2 amide bonds. The van der Waals surface area contributed by atoms with Crippen LogP contribution in [0.2, 0.25) is 5.02 Å². The summed E-state index contributed by atoms with van der Waals surface area (Å²) in [7, 11) is -2.23. The molecule has 0 heterocycles. The zero-order valence-electron chi connectivity index (χ0n) is 20.1. The first kappa shape index (κ1) is 27.5. The lowest BCUT2D eigenvalue weighted by atomic mass is 10.1. The summed E-state index contributed by atoms with van der Waals surface area (Å²) < 4.78 is 31.3. The molecule has 1 unspecified atom stereocenters. The first-order valence-electron chi connectivity index (χ1n) is 10.9. The Morgan fingerprint density at radius 3 is 2.12 bits per heavy atom. The number of halogens is 1. The van der Waals surface area contributed by atoms with Gasteiger partial charge >= 0.3 is 0 Å². The topological polar surface area (TPSA) is 96.0 Å². The summed E-state index contributed by atoms with van der Waals surface area (Å²) in [6, 6.07) is 12.4. The van der Waals surface area contributed by atoms with E-state index >= 15 is 0 Å². The summed E-state index contributed by atoms with van der Waals surface area (Å²) in [5, 5.41) is 3.30. The number of methoxy groups -OCH3 is 1. The molecular formula is C24H32ClN3O5S. The van der Waals surface area contributed by atoms with Crippen LogP contribution in [0.5, 0.6) is 5.75 Å². The second-order valence-corrected chi connectivity index (χ2v) is 10.5. The van der Waals surface area contributed by atoms with Crippen molar-refractivity contribution in [2.24, 2.45) is 0 Å². The van der Waals surface area contributed by atoms with E-state index in [0.717, 1.165) is 16.1 Å². The molecule has 0 saturated carbocycles. The van der Waals surface area contributed by atoms with E-state index in [2.05, 4.69) is 5.32 Å². The Hall–Kier alpha value is -2.78. The predicted molar refractivity (Wildman–Crippen MR) is 135 cm³/mol. The van der Waals surface area contributed by atoms with Crippen LogP contribution in [0.3, 0.4) is 0 Å². The normalized spacial score (nSPS) is 12.2. The number of carbonyl (C=O) groups is 2. The van der Waals surface area contributed by atoms with Crippen LogP contribution >= 0.6 is 11.6 Å². The number of amides is 2. The molecule has 2 rings (SSSR count). The molecule has 0 aromatic heterocycles. The summed E-state index contributed by atoms with van der Waals surface area (Å²) in [5.41, 5.74) is 1.09. The molecule has 0 spiro atoms. The minimum Gasteiger partial charge on any atom is -0.497 e. The van der Waals surface area contributed by atoms with Gasteiger partial charge in [0.2, 0.25) is 21.8 Å². The molecule has 0 radical (unpaired) electrons. The summed E-state index contributed by atoms with van der Waals surface area (Å²) in [6.07, 6.45) is 1.39. The third kappa shape index (κ3) is 7.63. The highest BCUT2D eigenvalue weighted by molar-refractivity contribution is 7.92. The van der Waals surface area contributed by atoms with Gasteiger partial charge in [0.15, 0.2) is 0 Å². The van der Waals surface area contributed by atoms with E-state index in [0.29, 0.717) is 22.9 Å². The molecule has 0 aliphatic rings. The minimum atomic E-state index is -3.79. The van der Waals surface area contributed by atoms with Gasteiger partial charge in [-0.25, -0.2) is 8.42 Å². The fourth-order valence-corrected chi connectivity index (χ4v) is 4.42. The lowest BCUT2D eigenvalue weighted by Crippen LogP contribution is -2.53. The lowest BCUT2D eigenvalue weighted by Gasteiger charge is -2.33. The lowest BCUT2D eigenvalue weighted by molar-refractivity contribution is -0.140. The van der Waals surface area contributed by atoms with Crippen LogP contribution < -0.4 is 14.4 Å². The monoisotopic (exact) mass is 509 g/mol. The molecule has 0 aliphatic heterocycles. The van der Waals surface area contributed by atoms with Gasteiger partial charge in [-0.1, -0.05) is 30.7 Å². The average Bonchev–Trinajstić information content (AvgIpc) is 2.77. The molecule has 1 atom stereocenters. The Balaban J connectivity index is 2.42. The number of hydrogen-bond donors (Lipinski definition) is 1. The van der Waals surface area contributed by atoms with E-state index in [-0.39, 0.29) is 18.5 Å². The molecule has 0 aliphatic carbocycles. The number of anilines is 1. The fraction of sp³-hybridized carbons (Fsp3) is 0.417. The van der Waals surface area contributed by atoms with Crippen LogP contribution in [-0.4, -0.2) is 57.1 Å². The molecule has 1 N–H and O–H groups in total. The van der Waals surface area contributed by atoms with E-state index in [1.807, 2.05) is 20.8 Å². The standard InChI is InChI=1S/C24H32ClN3O5S/c1-6-22(24(30)26-17(2)3)27(15-18-7-13-21(33-4)14-8-18)23(29)16-28(34(5,31)32)20-11-9-19(25)10-12-20/h7-14,17,22H,6,15-16H2,1-5H3,(H,26,30). The van der Waals surface area contributed by atoms with Gasteiger partial charge in [0.05, 0.1) is 19.1 Å². The smallest absolute Gasteiger partial charge is 0.244 e. The highest BCUT2D eigenvalue weighted by Gasteiger charge is 2.31. The van der Waals surface area contributed by atoms with Gasteiger partial charge in [0.1, 0.15) is 18.3 Å². The maximum Gasteiger partial charge on any atom is 0.244 e. The Morgan fingerprint density at radius 1 is 1.06 bits per heavy atom. The van der Waals surface area contributed by atoms with Crippen molar-refractivity contribution >= 4 is 39.1 Å². The summed E-state index contributed by atoms with van der Waals surface area (Å²) >= 11 is 5.94. The van der Waals surface area contributed by atoms with Crippen LogP contribution in [0.4, 0.5) is 5.69 Å². The van der Waals surface area contributed by atoms with Gasteiger partial charge in [0, 0.05) is 17.6 Å². The summed E-state index contributed by atoms with van der Waals surface area (Å²) in [4.78, 5) is 27.9. The number of ether oxygens (including phenoxy) is 1. The molecule has 2 aromatic rings. The van der Waals surface area contributed by atoms with Crippen LogP contribution in [-0.2, 0) is 26.2 Å². The van der Waals surface area contributed by atoms with Crippen LogP contribution in [0.1, 0.15) is 32.8 Å². The maximum absolute atomic E-state index is 13.5. The van der Waals surface area contributed by atoms with Crippen LogP contribution in [0, 0.1) is 0 Å². The third-order valence-corrected chi connectivity index (χ3v) is 6.52. The van der Waals surface area contributed by atoms with Crippen molar-refractivity contribution in [2.45, 2.75) is 45.8 Å². The average molecular weight is 510 g/mol. The number of nitrogens with one attached hydrogen (secondary N) is 1. The van der Waals surface area contributed by atoms with Gasteiger partial charge < -0.3 is 15.0 Å². The molecule has 0 saturated heterocycles. The zero-order valence-corrected chi connectivity index (χ0v) is 21.7. The molecule has 2 aromatic carbocycles. The second kappa shape index (κ2) is 12.1. The van der Waals surface area contributed by atoms with Crippen molar-refractivity contribution in [3.05, 3.63) is 59.1 Å². The number of nitrogens with zero attached hydrogens (tertiary/aromatic N) is 2. The Morgan fingerprint density at radius 2 is 1.65 bits per heavy atom. The maximum atomic E-state index is 13.5. The first-order valence-corrected chi connectivity index (χ1v) is 13.1. The van der Waals surface area contributed by atoms with Gasteiger partial charge in [-0.2, -0.15) is 0 Å². The van der Waals surface area contributed by atoms with Crippen molar-refractivity contribution in [1.82, 2.24) is 10.2 Å². The molecule has 0 fully saturated rings. The quantitative estimate of drug-likeness (QED) is 0.500. The third-order valence-electron chi connectivity index (χ3n) is 5.12. The van der Waals surface area contributed by atoms with E-state index in [9.17, 15) is 18.0 Å². The fourth-order valence-electron chi connectivity index (χ4n) is 3.45. The van der Waals surface area contributed by atoms with E-state index < -0.39 is 28.5 Å².